The van der Waals surface area contributed by atoms with Crippen LogP contribution in [0.2, 0.25) is 0 Å². The number of carbonyl (C=O) groups excluding carboxylic acids is 2. The molecule has 2 amide bonds. The monoisotopic (exact) mass is 467 g/mol. The zero-order chi connectivity index (χ0) is 23.7. The third kappa shape index (κ3) is 4.18. The number of fused-ring (bicyclic) bond motifs is 1. The van der Waals surface area contributed by atoms with E-state index in [1.54, 1.807) is 44.7 Å². The van der Waals surface area contributed by atoms with Crippen molar-refractivity contribution in [3.63, 3.8) is 0 Å². The molecule has 1 unspecified atom stereocenters. The Bertz CT molecular complexity index is 1220. The van der Waals surface area contributed by atoms with Gasteiger partial charge in [-0.05, 0) is 31.0 Å². The van der Waals surface area contributed by atoms with Gasteiger partial charge in [0.25, 0.3) is 5.91 Å². The molecule has 1 saturated heterocycles. The van der Waals surface area contributed by atoms with Crippen LogP contribution in [0.25, 0.3) is 0 Å². The second-order valence-electron chi connectivity index (χ2n) is 8.66. The van der Waals surface area contributed by atoms with Crippen LogP contribution in [-0.4, -0.2) is 60.2 Å². The molecule has 178 valence electrons. The van der Waals surface area contributed by atoms with Gasteiger partial charge in [-0.2, -0.15) is 5.10 Å². The highest BCUT2D eigenvalue weighted by Crippen LogP contribution is 2.33. The number of benzene rings is 1. The molecule has 0 radical (unpaired) electrons. The molecule has 1 fully saturated rings. The first-order valence-corrected chi connectivity index (χ1v) is 11.3. The maximum absolute atomic E-state index is 13.9. The summed E-state index contributed by atoms with van der Waals surface area (Å²) in [6, 6.07) is 8.01. The highest BCUT2D eigenvalue weighted by atomic mass is 19.1. The van der Waals surface area contributed by atoms with Gasteiger partial charge in [0.1, 0.15) is 22.8 Å². The zero-order valence-electron chi connectivity index (χ0n) is 18.9. The van der Waals surface area contributed by atoms with Gasteiger partial charge < -0.3 is 15.0 Å². The number of amides is 2. The highest BCUT2D eigenvalue weighted by Gasteiger charge is 2.44. The van der Waals surface area contributed by atoms with Crippen molar-refractivity contribution in [2.45, 2.75) is 51.6 Å². The van der Waals surface area contributed by atoms with Crippen LogP contribution in [0.15, 0.2) is 36.5 Å². The van der Waals surface area contributed by atoms with Gasteiger partial charge in [0.2, 0.25) is 5.91 Å². The third-order valence-electron chi connectivity index (χ3n) is 6.50. The maximum Gasteiger partial charge on any atom is 0.269 e. The molecular weight excluding hydrogens is 441 g/mol. The Hall–Kier alpha value is -3.60. The molecule has 2 aliphatic heterocycles. The second kappa shape index (κ2) is 8.98. The Balaban J connectivity index is 1.20. The first-order chi connectivity index (χ1) is 16.5. The smallest absolute Gasteiger partial charge is 0.269 e. The van der Waals surface area contributed by atoms with Crippen molar-refractivity contribution in [1.82, 2.24) is 35.0 Å². The number of likely N-dealkylation sites (tertiary alicyclic amines) is 1. The van der Waals surface area contributed by atoms with Crippen LogP contribution in [0.5, 0.6) is 0 Å². The Morgan fingerprint density at radius 1 is 1.24 bits per heavy atom. The van der Waals surface area contributed by atoms with Crippen LogP contribution >= 0.6 is 0 Å². The van der Waals surface area contributed by atoms with Crippen LogP contribution in [0.1, 0.15) is 40.8 Å². The second-order valence-corrected chi connectivity index (χ2v) is 8.66. The van der Waals surface area contributed by atoms with Crippen molar-refractivity contribution in [2.75, 3.05) is 13.1 Å². The van der Waals surface area contributed by atoms with Gasteiger partial charge in [-0.25, -0.2) is 9.07 Å². The van der Waals surface area contributed by atoms with Crippen LogP contribution in [0.3, 0.4) is 0 Å². The molecule has 1 spiro atoms. The molecular formula is C23H26FN7O3. The van der Waals surface area contributed by atoms with Crippen molar-refractivity contribution in [2.24, 2.45) is 0 Å². The van der Waals surface area contributed by atoms with Crippen LogP contribution in [0.4, 0.5) is 4.39 Å². The number of carbonyl (C=O) groups is 2. The minimum absolute atomic E-state index is 0.0259. The van der Waals surface area contributed by atoms with Gasteiger partial charge in [-0.15, -0.1) is 5.10 Å². The average Bonchev–Trinajstić information content (AvgIpc) is 3.57. The van der Waals surface area contributed by atoms with Crippen molar-refractivity contribution in [3.05, 3.63) is 65.0 Å². The van der Waals surface area contributed by atoms with Crippen molar-refractivity contribution < 1.29 is 18.7 Å². The zero-order valence-corrected chi connectivity index (χ0v) is 18.9. The summed E-state index contributed by atoms with van der Waals surface area (Å²) in [7, 11) is 0. The van der Waals surface area contributed by atoms with Crippen LogP contribution < -0.4 is 5.32 Å². The molecule has 10 nitrogen and oxygen atoms in total. The minimum Gasteiger partial charge on any atom is -0.365 e. The van der Waals surface area contributed by atoms with Gasteiger partial charge in [-0.3, -0.25) is 14.3 Å². The van der Waals surface area contributed by atoms with E-state index in [2.05, 4.69) is 20.7 Å². The third-order valence-corrected chi connectivity index (χ3v) is 6.50. The van der Waals surface area contributed by atoms with Gasteiger partial charge >= 0.3 is 0 Å². The van der Waals surface area contributed by atoms with Crippen molar-refractivity contribution >= 4 is 11.8 Å². The quantitative estimate of drug-likeness (QED) is 0.586. The fraction of sp³-hybridized carbons (Fsp3) is 0.435. The maximum atomic E-state index is 13.9. The predicted octanol–water partition coefficient (Wildman–Crippen LogP) is 1.31. The van der Waals surface area contributed by atoms with E-state index in [9.17, 15) is 14.0 Å². The summed E-state index contributed by atoms with van der Waals surface area (Å²) < 4.78 is 23.6. The predicted molar refractivity (Wildman–Crippen MR) is 118 cm³/mol. The number of rotatable bonds is 6. The molecule has 0 aliphatic carbocycles. The lowest BCUT2D eigenvalue weighted by atomic mass is 10.0. The Morgan fingerprint density at radius 3 is 2.91 bits per heavy atom. The summed E-state index contributed by atoms with van der Waals surface area (Å²) in [5.41, 5.74) is 1.80. The number of ether oxygens (including phenoxy) is 1. The lowest BCUT2D eigenvalue weighted by molar-refractivity contribution is -0.132. The molecule has 4 heterocycles. The first-order valence-electron chi connectivity index (χ1n) is 11.3. The largest absolute Gasteiger partial charge is 0.365 e. The highest BCUT2D eigenvalue weighted by molar-refractivity contribution is 5.92. The van der Waals surface area contributed by atoms with E-state index in [1.165, 1.54) is 6.07 Å². The van der Waals surface area contributed by atoms with E-state index in [4.69, 9.17) is 4.74 Å². The Morgan fingerprint density at radius 2 is 2.09 bits per heavy atom. The van der Waals surface area contributed by atoms with Gasteiger partial charge in [-0.1, -0.05) is 23.4 Å². The van der Waals surface area contributed by atoms with Gasteiger partial charge in [0.15, 0.2) is 0 Å². The summed E-state index contributed by atoms with van der Waals surface area (Å²) in [6.45, 7) is 4.48. The molecule has 3 aromatic rings. The lowest BCUT2D eigenvalue weighted by Crippen LogP contribution is -2.45. The van der Waals surface area contributed by atoms with E-state index in [0.29, 0.717) is 56.2 Å². The standard InChI is InChI=1S/C23H26FN7O3/c1-2-30-19(7-9-26-30)22(33)25-12-18-20-13-34-23(15-31(20)28-27-18)8-10-29(14-23)21(32)11-16-5-3-4-6-17(16)24/h3-7,9H,2,8,10-15H2,1H3,(H,25,33). The van der Waals surface area contributed by atoms with Crippen molar-refractivity contribution in [3.8, 4) is 0 Å². The Kier molecular flexibility index (Phi) is 5.86. The molecule has 2 aromatic heterocycles. The summed E-state index contributed by atoms with van der Waals surface area (Å²) in [6.07, 6.45) is 2.29. The van der Waals surface area contributed by atoms with Gasteiger partial charge in [0, 0.05) is 19.3 Å². The number of nitrogens with one attached hydrogen (secondary N) is 1. The molecule has 1 atom stereocenters. The van der Waals surface area contributed by atoms with Crippen molar-refractivity contribution in [1.29, 1.82) is 0 Å². The SMILES string of the molecule is CCn1nccc1C(=O)NCc1nnn2c1COC1(CCN(C(=O)Cc3ccccc3F)C1)C2. The Labute approximate surface area is 195 Å². The summed E-state index contributed by atoms with van der Waals surface area (Å²) in [5.74, 6) is -0.719. The number of aromatic nitrogens is 5. The van der Waals surface area contributed by atoms with Crippen LogP contribution in [0, 0.1) is 5.82 Å². The summed E-state index contributed by atoms with van der Waals surface area (Å²) in [5, 5.41) is 15.5. The van der Waals surface area contributed by atoms with E-state index >= 15 is 0 Å². The molecule has 2 aliphatic rings. The molecule has 34 heavy (non-hydrogen) atoms. The fourth-order valence-corrected chi connectivity index (χ4v) is 4.58. The molecule has 1 N–H and O–H groups in total. The number of halogens is 1. The van der Waals surface area contributed by atoms with E-state index in [0.717, 1.165) is 5.69 Å². The molecule has 5 rings (SSSR count). The minimum atomic E-state index is -0.542. The topological polar surface area (TPSA) is 107 Å². The van der Waals surface area contributed by atoms with Gasteiger partial charge in [0.05, 0.1) is 38.4 Å². The summed E-state index contributed by atoms with van der Waals surface area (Å²) >= 11 is 0. The molecule has 0 saturated carbocycles. The van der Waals surface area contributed by atoms with E-state index < -0.39 is 5.60 Å². The van der Waals surface area contributed by atoms with E-state index in [1.807, 2.05) is 6.92 Å². The average molecular weight is 468 g/mol. The molecule has 11 heteroatoms. The number of hydrogen-bond acceptors (Lipinski definition) is 6. The summed E-state index contributed by atoms with van der Waals surface area (Å²) in [4.78, 5) is 27.0. The molecule has 0 bridgehead atoms. The number of aryl methyl sites for hydroxylation is 1. The lowest BCUT2D eigenvalue weighted by Gasteiger charge is -2.34. The van der Waals surface area contributed by atoms with E-state index in [-0.39, 0.29) is 30.6 Å². The molecule has 1 aromatic carbocycles. The number of hydrogen-bond donors (Lipinski definition) is 1. The fourth-order valence-electron chi connectivity index (χ4n) is 4.58. The number of nitrogens with zero attached hydrogens (tertiary/aromatic N) is 6. The van der Waals surface area contributed by atoms with Crippen LogP contribution in [-0.2, 0) is 42.2 Å². The first kappa shape index (κ1) is 22.2. The normalized spacial score (nSPS) is 19.4.